The number of ketones is 1. The molecule has 26 heavy (non-hydrogen) atoms. The number of nitrogens with one attached hydrogen (secondary N) is 1. The molecule has 0 aliphatic carbocycles. The minimum Gasteiger partial charge on any atom is -0.492 e. The van der Waals surface area contributed by atoms with E-state index in [1.165, 1.54) is 23.8 Å². The zero-order valence-electron chi connectivity index (χ0n) is 14.5. The number of hydrogen-bond acceptors (Lipinski definition) is 5. The molecule has 0 spiro atoms. The van der Waals surface area contributed by atoms with E-state index >= 15 is 0 Å². The Labute approximate surface area is 155 Å². The largest absolute Gasteiger partial charge is 0.492 e. The highest BCUT2D eigenvalue weighted by Crippen LogP contribution is 2.15. The van der Waals surface area contributed by atoms with Gasteiger partial charge in [0.25, 0.3) is 5.91 Å². The summed E-state index contributed by atoms with van der Waals surface area (Å²) in [6.07, 6.45) is 1.53. The van der Waals surface area contributed by atoms with Gasteiger partial charge in [-0.25, -0.2) is 4.79 Å². The van der Waals surface area contributed by atoms with Crippen LogP contribution in [0.4, 0.5) is 0 Å². The summed E-state index contributed by atoms with van der Waals surface area (Å²) in [5, 5.41) is 3.19. The van der Waals surface area contributed by atoms with Crippen molar-refractivity contribution < 1.29 is 23.9 Å². The lowest BCUT2D eigenvalue weighted by molar-refractivity contribution is -0.124. The molecule has 0 atom stereocenters. The van der Waals surface area contributed by atoms with Crippen LogP contribution in [0.3, 0.4) is 0 Å². The Kier molecular flexibility index (Phi) is 6.80. The number of ether oxygens (including phenoxy) is 2. The number of hydrogen-bond donors (Lipinski definition) is 1. The van der Waals surface area contributed by atoms with E-state index in [2.05, 4.69) is 5.32 Å². The molecule has 1 amide bonds. The van der Waals surface area contributed by atoms with Crippen molar-refractivity contribution in [3.63, 3.8) is 0 Å². The van der Waals surface area contributed by atoms with E-state index in [9.17, 15) is 14.4 Å². The van der Waals surface area contributed by atoms with Crippen LogP contribution in [0.15, 0.2) is 36.5 Å². The van der Waals surface area contributed by atoms with Crippen LogP contribution < -0.4 is 10.1 Å². The summed E-state index contributed by atoms with van der Waals surface area (Å²) < 4.78 is 11.9. The maximum Gasteiger partial charge on any atom is 0.355 e. The number of benzene rings is 1. The minimum absolute atomic E-state index is 0.155. The number of rotatable bonds is 8. The Morgan fingerprint density at radius 1 is 1.19 bits per heavy atom. The van der Waals surface area contributed by atoms with Gasteiger partial charge in [-0.3, -0.25) is 9.59 Å². The first kappa shape index (κ1) is 19.5. The number of halogens is 1. The fraction of sp³-hybridized carbons (Fsp3) is 0.278. The lowest BCUT2D eigenvalue weighted by Crippen LogP contribution is -2.32. The van der Waals surface area contributed by atoms with Crippen LogP contribution in [0.1, 0.15) is 27.8 Å². The lowest BCUT2D eigenvalue weighted by atomic mass is 10.2. The van der Waals surface area contributed by atoms with E-state index in [-0.39, 0.29) is 24.6 Å². The molecule has 0 bridgehead atoms. The fourth-order valence-corrected chi connectivity index (χ4v) is 2.23. The van der Waals surface area contributed by atoms with Crippen LogP contribution in [-0.2, 0) is 16.6 Å². The number of amides is 1. The van der Waals surface area contributed by atoms with Crippen molar-refractivity contribution in [2.75, 3.05) is 19.8 Å². The van der Waals surface area contributed by atoms with Crippen LogP contribution in [0.5, 0.6) is 5.75 Å². The summed E-state index contributed by atoms with van der Waals surface area (Å²) in [4.78, 5) is 35.0. The number of carbonyl (C=O) groups excluding carboxylic acids is 3. The van der Waals surface area contributed by atoms with Gasteiger partial charge in [-0.15, -0.1) is 0 Å². The summed E-state index contributed by atoms with van der Waals surface area (Å²) in [7, 11) is 1.62. The van der Waals surface area contributed by atoms with E-state index in [1.807, 2.05) is 0 Å². The Morgan fingerprint density at radius 2 is 1.88 bits per heavy atom. The summed E-state index contributed by atoms with van der Waals surface area (Å²) in [5.74, 6) is -0.634. The lowest BCUT2D eigenvalue weighted by Gasteiger charge is -2.08. The normalized spacial score (nSPS) is 10.3. The summed E-state index contributed by atoms with van der Waals surface area (Å²) in [5.41, 5.74) is 0.609. The van der Waals surface area contributed by atoms with E-state index in [0.29, 0.717) is 16.3 Å². The molecule has 0 saturated heterocycles. The standard InChI is InChI=1S/C18H19ClN2O5/c1-12(22)13-9-16(21(2)10-13)18(24)26-11-17(23)20-7-8-25-15-5-3-14(19)4-6-15/h3-6,9-10H,7-8,11H2,1-2H3,(H,20,23). The third-order valence-electron chi connectivity index (χ3n) is 3.46. The first-order valence-corrected chi connectivity index (χ1v) is 8.24. The first-order chi connectivity index (χ1) is 12.4. The highest BCUT2D eigenvalue weighted by Gasteiger charge is 2.16. The predicted molar refractivity (Wildman–Crippen MR) is 95.7 cm³/mol. The molecule has 1 aromatic carbocycles. The second kappa shape index (κ2) is 9.05. The van der Waals surface area contributed by atoms with Crippen LogP contribution in [0.2, 0.25) is 5.02 Å². The summed E-state index contributed by atoms with van der Waals surface area (Å²) in [6, 6.07) is 8.29. The molecular weight excluding hydrogens is 360 g/mol. The van der Waals surface area contributed by atoms with Crippen molar-refractivity contribution >= 4 is 29.3 Å². The average Bonchev–Trinajstić information content (AvgIpc) is 3.00. The van der Waals surface area contributed by atoms with Crippen molar-refractivity contribution in [1.29, 1.82) is 0 Å². The van der Waals surface area contributed by atoms with Gasteiger partial charge in [0.05, 0.1) is 6.54 Å². The molecule has 0 radical (unpaired) electrons. The molecule has 2 rings (SSSR count). The summed E-state index contributed by atoms with van der Waals surface area (Å²) in [6.45, 7) is 1.52. The van der Waals surface area contributed by atoms with E-state index < -0.39 is 18.5 Å². The van der Waals surface area contributed by atoms with Crippen LogP contribution >= 0.6 is 11.6 Å². The van der Waals surface area contributed by atoms with E-state index in [0.717, 1.165) is 0 Å². The summed E-state index contributed by atoms with van der Waals surface area (Å²) >= 11 is 5.77. The average molecular weight is 379 g/mol. The molecule has 0 aliphatic rings. The monoisotopic (exact) mass is 378 g/mol. The molecule has 0 aliphatic heterocycles. The Hall–Kier alpha value is -2.80. The van der Waals surface area contributed by atoms with Crippen molar-refractivity contribution in [3.05, 3.63) is 52.8 Å². The molecule has 2 aromatic rings. The Balaban J connectivity index is 1.70. The van der Waals surface area contributed by atoms with Gasteiger partial charge in [0.1, 0.15) is 18.1 Å². The van der Waals surface area contributed by atoms with Gasteiger partial charge < -0.3 is 19.4 Å². The highest BCUT2D eigenvalue weighted by molar-refractivity contribution is 6.30. The second-order valence-electron chi connectivity index (χ2n) is 5.51. The molecule has 1 aromatic heterocycles. The number of nitrogens with zero attached hydrogens (tertiary/aromatic N) is 1. The molecule has 138 valence electrons. The molecule has 1 N–H and O–H groups in total. The van der Waals surface area contributed by atoms with Gasteiger partial charge in [0.2, 0.25) is 0 Å². The number of aryl methyl sites for hydroxylation is 1. The first-order valence-electron chi connectivity index (χ1n) is 7.86. The molecule has 1 heterocycles. The maximum atomic E-state index is 12.0. The minimum atomic E-state index is -0.674. The Morgan fingerprint density at radius 3 is 2.50 bits per heavy atom. The fourth-order valence-electron chi connectivity index (χ4n) is 2.11. The van der Waals surface area contributed by atoms with Gasteiger partial charge in [-0.2, -0.15) is 0 Å². The van der Waals surface area contributed by atoms with Gasteiger partial charge in [-0.1, -0.05) is 11.6 Å². The van der Waals surface area contributed by atoms with Crippen molar-refractivity contribution in [2.45, 2.75) is 6.92 Å². The van der Waals surface area contributed by atoms with Crippen LogP contribution in [0.25, 0.3) is 0 Å². The quantitative estimate of drug-likeness (QED) is 0.432. The third-order valence-corrected chi connectivity index (χ3v) is 3.71. The highest BCUT2D eigenvalue weighted by atomic mass is 35.5. The zero-order chi connectivity index (χ0) is 19.1. The predicted octanol–water partition coefficient (Wildman–Crippen LogP) is 2.23. The number of esters is 1. The van der Waals surface area contributed by atoms with Gasteiger partial charge >= 0.3 is 5.97 Å². The molecular formula is C18H19ClN2O5. The smallest absolute Gasteiger partial charge is 0.355 e. The maximum absolute atomic E-state index is 12.0. The Bertz CT molecular complexity index is 798. The third kappa shape index (κ3) is 5.63. The molecule has 0 fully saturated rings. The number of aromatic nitrogens is 1. The van der Waals surface area contributed by atoms with Crippen molar-refractivity contribution in [1.82, 2.24) is 9.88 Å². The van der Waals surface area contributed by atoms with E-state index in [4.69, 9.17) is 21.1 Å². The van der Waals surface area contributed by atoms with Crippen LogP contribution in [-0.4, -0.2) is 42.0 Å². The number of carbonyl (C=O) groups is 3. The molecule has 8 heteroatoms. The molecule has 0 unspecified atom stereocenters. The van der Waals surface area contributed by atoms with Crippen LogP contribution in [0, 0.1) is 0 Å². The van der Waals surface area contributed by atoms with E-state index in [1.54, 1.807) is 31.3 Å². The molecule has 7 nitrogen and oxygen atoms in total. The zero-order valence-corrected chi connectivity index (χ0v) is 15.2. The van der Waals surface area contributed by atoms with Gasteiger partial charge in [0, 0.05) is 23.8 Å². The van der Waals surface area contributed by atoms with Gasteiger partial charge in [-0.05, 0) is 37.3 Å². The van der Waals surface area contributed by atoms with Gasteiger partial charge in [0.15, 0.2) is 12.4 Å². The second-order valence-corrected chi connectivity index (χ2v) is 5.95. The molecule has 0 saturated carbocycles. The SMILES string of the molecule is CC(=O)c1cc(C(=O)OCC(=O)NCCOc2ccc(Cl)cc2)n(C)c1. The van der Waals surface area contributed by atoms with Crippen molar-refractivity contribution in [2.24, 2.45) is 7.05 Å². The number of Topliss-reactive ketones (excluding diaryl/α,β-unsaturated/α-hetero) is 1. The topological polar surface area (TPSA) is 86.6 Å². The van der Waals surface area contributed by atoms with Crippen molar-refractivity contribution in [3.8, 4) is 5.75 Å².